The summed E-state index contributed by atoms with van der Waals surface area (Å²) in [7, 11) is 5.22. The molecule has 4 heteroatoms. The number of hydrogen-bond donors (Lipinski definition) is 1. The maximum Gasteiger partial charge on any atom is 0.161 e. The van der Waals surface area contributed by atoms with Crippen LogP contribution in [0.25, 0.3) is 11.1 Å². The van der Waals surface area contributed by atoms with Crippen LogP contribution < -0.4 is 14.8 Å². The van der Waals surface area contributed by atoms with Crippen molar-refractivity contribution in [1.82, 2.24) is 10.3 Å². The van der Waals surface area contributed by atoms with Crippen LogP contribution in [-0.4, -0.2) is 26.3 Å². The quantitative estimate of drug-likeness (QED) is 0.909. The first-order valence-corrected chi connectivity index (χ1v) is 6.51. The Bertz CT molecular complexity index is 597. The minimum absolute atomic E-state index is 0.726. The van der Waals surface area contributed by atoms with Gasteiger partial charge in [-0.05, 0) is 48.9 Å². The average Bonchev–Trinajstić information content (AvgIpc) is 2.47. The van der Waals surface area contributed by atoms with Crippen molar-refractivity contribution in [2.24, 2.45) is 0 Å². The lowest BCUT2D eigenvalue weighted by molar-refractivity contribution is 0.354. The van der Waals surface area contributed by atoms with Gasteiger partial charge >= 0.3 is 0 Å². The van der Waals surface area contributed by atoms with Crippen LogP contribution in [0.2, 0.25) is 0 Å². The summed E-state index contributed by atoms with van der Waals surface area (Å²) >= 11 is 0. The monoisotopic (exact) mass is 272 g/mol. The number of hydrogen-bond acceptors (Lipinski definition) is 4. The molecular weight excluding hydrogens is 252 g/mol. The van der Waals surface area contributed by atoms with Gasteiger partial charge in [-0.25, -0.2) is 0 Å². The van der Waals surface area contributed by atoms with Gasteiger partial charge in [-0.15, -0.1) is 0 Å². The standard InChI is InChI=1S/C16H20N2O2/c1-11-5-12(10-18-8-11)14-7-16(20-4)15(19-3)6-13(14)9-17-2/h5-8,10,17H,9H2,1-4H3. The van der Waals surface area contributed by atoms with Crippen molar-refractivity contribution >= 4 is 0 Å². The number of aromatic nitrogens is 1. The van der Waals surface area contributed by atoms with Crippen molar-refractivity contribution in [3.05, 3.63) is 41.7 Å². The Morgan fingerprint density at radius 2 is 1.75 bits per heavy atom. The van der Waals surface area contributed by atoms with Crippen LogP contribution in [-0.2, 0) is 6.54 Å². The first kappa shape index (κ1) is 14.3. The lowest BCUT2D eigenvalue weighted by Crippen LogP contribution is -2.07. The van der Waals surface area contributed by atoms with Gasteiger partial charge in [0.1, 0.15) is 0 Å². The highest BCUT2D eigenvalue weighted by Crippen LogP contribution is 2.35. The molecule has 0 fully saturated rings. The summed E-state index contributed by atoms with van der Waals surface area (Å²) in [6.45, 7) is 2.79. The molecule has 0 saturated heterocycles. The van der Waals surface area contributed by atoms with E-state index in [-0.39, 0.29) is 0 Å². The second-order valence-corrected chi connectivity index (χ2v) is 4.65. The van der Waals surface area contributed by atoms with Gasteiger partial charge in [0.25, 0.3) is 0 Å². The molecule has 0 aliphatic carbocycles. The van der Waals surface area contributed by atoms with Gasteiger partial charge in [0, 0.05) is 24.5 Å². The molecule has 0 saturated carbocycles. The maximum atomic E-state index is 5.40. The number of aryl methyl sites for hydroxylation is 1. The minimum atomic E-state index is 0.726. The zero-order valence-electron chi connectivity index (χ0n) is 12.4. The number of nitrogens with one attached hydrogen (secondary N) is 1. The lowest BCUT2D eigenvalue weighted by Gasteiger charge is -2.15. The highest BCUT2D eigenvalue weighted by Gasteiger charge is 2.12. The van der Waals surface area contributed by atoms with Crippen molar-refractivity contribution in [2.75, 3.05) is 21.3 Å². The number of nitrogens with zero attached hydrogens (tertiary/aromatic N) is 1. The van der Waals surface area contributed by atoms with E-state index in [0.29, 0.717) is 0 Å². The molecule has 4 nitrogen and oxygen atoms in total. The molecule has 0 atom stereocenters. The van der Waals surface area contributed by atoms with Gasteiger partial charge in [-0.1, -0.05) is 0 Å². The van der Waals surface area contributed by atoms with E-state index in [4.69, 9.17) is 9.47 Å². The van der Waals surface area contributed by atoms with Crippen molar-refractivity contribution in [1.29, 1.82) is 0 Å². The van der Waals surface area contributed by atoms with Gasteiger partial charge in [0.15, 0.2) is 11.5 Å². The molecule has 0 aliphatic heterocycles. The predicted octanol–water partition coefficient (Wildman–Crippen LogP) is 2.79. The van der Waals surface area contributed by atoms with Gasteiger partial charge in [-0.3, -0.25) is 4.98 Å². The molecule has 0 spiro atoms. The number of benzene rings is 1. The van der Waals surface area contributed by atoms with Crippen LogP contribution in [0.3, 0.4) is 0 Å². The van der Waals surface area contributed by atoms with E-state index in [1.165, 1.54) is 0 Å². The zero-order chi connectivity index (χ0) is 14.5. The third-order valence-corrected chi connectivity index (χ3v) is 3.16. The second kappa shape index (κ2) is 6.39. The van der Waals surface area contributed by atoms with E-state index < -0.39 is 0 Å². The Kier molecular flexibility index (Phi) is 4.58. The van der Waals surface area contributed by atoms with Gasteiger partial charge in [0.05, 0.1) is 14.2 Å². The van der Waals surface area contributed by atoms with Crippen molar-refractivity contribution in [2.45, 2.75) is 13.5 Å². The first-order valence-electron chi connectivity index (χ1n) is 6.51. The molecular formula is C16H20N2O2. The third kappa shape index (κ3) is 2.91. The molecule has 1 heterocycles. The molecule has 20 heavy (non-hydrogen) atoms. The van der Waals surface area contributed by atoms with Gasteiger partial charge < -0.3 is 14.8 Å². The molecule has 1 aromatic heterocycles. The topological polar surface area (TPSA) is 43.4 Å². The highest BCUT2D eigenvalue weighted by atomic mass is 16.5. The third-order valence-electron chi connectivity index (χ3n) is 3.16. The molecule has 0 amide bonds. The fourth-order valence-electron chi connectivity index (χ4n) is 2.23. The van der Waals surface area contributed by atoms with Crippen LogP contribution in [0.15, 0.2) is 30.6 Å². The summed E-state index contributed by atoms with van der Waals surface area (Å²) in [4.78, 5) is 4.27. The molecule has 2 aromatic rings. The van der Waals surface area contributed by atoms with E-state index in [0.717, 1.165) is 40.3 Å². The Hall–Kier alpha value is -2.07. The summed E-state index contributed by atoms with van der Waals surface area (Å²) in [6.07, 6.45) is 3.72. The van der Waals surface area contributed by atoms with E-state index in [2.05, 4.69) is 16.4 Å². The smallest absolute Gasteiger partial charge is 0.161 e. The fraction of sp³-hybridized carbons (Fsp3) is 0.312. The van der Waals surface area contributed by atoms with E-state index in [1.807, 2.05) is 38.5 Å². The normalized spacial score (nSPS) is 10.4. The zero-order valence-corrected chi connectivity index (χ0v) is 12.4. The number of rotatable bonds is 5. The van der Waals surface area contributed by atoms with Crippen LogP contribution >= 0.6 is 0 Å². The summed E-state index contributed by atoms with van der Waals surface area (Å²) in [5.41, 5.74) is 4.47. The molecule has 1 N–H and O–H groups in total. The van der Waals surface area contributed by atoms with Gasteiger partial charge in [0.2, 0.25) is 0 Å². The molecule has 0 radical (unpaired) electrons. The Balaban J connectivity index is 2.60. The molecule has 106 valence electrons. The van der Waals surface area contributed by atoms with Crippen LogP contribution in [0.5, 0.6) is 11.5 Å². The van der Waals surface area contributed by atoms with E-state index >= 15 is 0 Å². The minimum Gasteiger partial charge on any atom is -0.493 e. The molecule has 2 rings (SSSR count). The summed E-state index contributed by atoms with van der Waals surface area (Å²) < 4.78 is 10.8. The van der Waals surface area contributed by atoms with E-state index in [1.54, 1.807) is 14.2 Å². The average molecular weight is 272 g/mol. The molecule has 1 aromatic carbocycles. The van der Waals surface area contributed by atoms with Crippen LogP contribution in [0.1, 0.15) is 11.1 Å². The summed E-state index contributed by atoms with van der Waals surface area (Å²) in [6, 6.07) is 6.13. The van der Waals surface area contributed by atoms with E-state index in [9.17, 15) is 0 Å². The maximum absolute atomic E-state index is 5.40. The van der Waals surface area contributed by atoms with Crippen molar-refractivity contribution in [3.8, 4) is 22.6 Å². The molecule has 0 aliphatic rings. The van der Waals surface area contributed by atoms with Crippen molar-refractivity contribution in [3.63, 3.8) is 0 Å². The number of methoxy groups -OCH3 is 2. The number of ether oxygens (including phenoxy) is 2. The summed E-state index contributed by atoms with van der Waals surface area (Å²) in [5.74, 6) is 1.46. The van der Waals surface area contributed by atoms with Crippen molar-refractivity contribution < 1.29 is 9.47 Å². The largest absolute Gasteiger partial charge is 0.493 e. The number of pyridine rings is 1. The SMILES string of the molecule is CNCc1cc(OC)c(OC)cc1-c1cncc(C)c1. The molecule has 0 bridgehead atoms. The van der Waals surface area contributed by atoms with Crippen LogP contribution in [0, 0.1) is 6.92 Å². The Labute approximate surface area is 119 Å². The highest BCUT2D eigenvalue weighted by molar-refractivity contribution is 5.71. The lowest BCUT2D eigenvalue weighted by atomic mass is 9.99. The van der Waals surface area contributed by atoms with Crippen LogP contribution in [0.4, 0.5) is 0 Å². The molecule has 0 unspecified atom stereocenters. The fourth-order valence-corrected chi connectivity index (χ4v) is 2.23. The Morgan fingerprint density at radius 3 is 2.35 bits per heavy atom. The first-order chi connectivity index (χ1) is 9.69. The van der Waals surface area contributed by atoms with Gasteiger partial charge in [-0.2, -0.15) is 0 Å². The second-order valence-electron chi connectivity index (χ2n) is 4.65. The summed E-state index contributed by atoms with van der Waals surface area (Å²) in [5, 5.41) is 3.18. The Morgan fingerprint density at radius 1 is 1.05 bits per heavy atom. The predicted molar refractivity (Wildman–Crippen MR) is 80.3 cm³/mol.